The van der Waals surface area contributed by atoms with Crippen LogP contribution in [0.2, 0.25) is 0 Å². The highest BCUT2D eigenvalue weighted by Crippen LogP contribution is 2.19. The van der Waals surface area contributed by atoms with E-state index >= 15 is 0 Å². The number of aromatic nitrogens is 2. The first kappa shape index (κ1) is 23.6. The Morgan fingerprint density at radius 3 is 2.53 bits per heavy atom. The van der Waals surface area contributed by atoms with Crippen LogP contribution in [0, 0.1) is 5.92 Å². The van der Waals surface area contributed by atoms with Crippen molar-refractivity contribution >= 4 is 28.8 Å². The number of nitrogens with zero attached hydrogens (tertiary/aromatic N) is 3. The van der Waals surface area contributed by atoms with Crippen LogP contribution in [0.4, 0.5) is 5.95 Å². The zero-order valence-corrected chi connectivity index (χ0v) is 20.1. The van der Waals surface area contributed by atoms with Crippen LogP contribution in [-0.2, 0) is 4.79 Å². The summed E-state index contributed by atoms with van der Waals surface area (Å²) in [5, 5.41) is 2.96. The number of carbonyl (C=O) groups is 2. The molecule has 8 nitrogen and oxygen atoms in total. The zero-order valence-electron chi connectivity index (χ0n) is 20.1. The number of carbonyl (C=O) groups excluding carboxylic acids is 2. The molecule has 34 heavy (non-hydrogen) atoms. The molecular weight excluding hydrogens is 430 g/mol. The lowest BCUT2D eigenvalue weighted by Crippen LogP contribution is -2.52. The van der Waals surface area contributed by atoms with Crippen molar-refractivity contribution in [2.24, 2.45) is 5.92 Å². The Labute approximate surface area is 200 Å². The lowest BCUT2D eigenvalue weighted by atomic mass is 10.0. The Bertz CT molecular complexity index is 1090. The smallest absolute Gasteiger partial charge is 0.251 e. The van der Waals surface area contributed by atoms with Crippen molar-refractivity contribution in [1.82, 2.24) is 20.2 Å². The van der Waals surface area contributed by atoms with Gasteiger partial charge in [0.25, 0.3) is 5.91 Å². The third-order valence-electron chi connectivity index (χ3n) is 6.13. The largest absolute Gasteiger partial charge is 0.494 e. The second-order valence-electron chi connectivity index (χ2n) is 8.90. The number of imidazole rings is 1. The van der Waals surface area contributed by atoms with Gasteiger partial charge >= 0.3 is 0 Å². The molecule has 180 valence electrons. The second-order valence-corrected chi connectivity index (χ2v) is 8.90. The minimum absolute atomic E-state index is 0.0334. The number of rotatable bonds is 7. The molecule has 8 heteroatoms. The van der Waals surface area contributed by atoms with E-state index in [4.69, 9.17) is 9.72 Å². The molecule has 0 saturated carbocycles. The van der Waals surface area contributed by atoms with Crippen molar-refractivity contribution in [2.45, 2.75) is 33.2 Å². The molecule has 4 rings (SSSR count). The van der Waals surface area contributed by atoms with Crippen molar-refractivity contribution in [3.8, 4) is 5.75 Å². The second kappa shape index (κ2) is 10.6. The number of para-hydroxylation sites is 2. The van der Waals surface area contributed by atoms with Crippen molar-refractivity contribution in [3.63, 3.8) is 0 Å². The molecule has 0 radical (unpaired) electrons. The van der Waals surface area contributed by atoms with Crippen molar-refractivity contribution in [3.05, 3.63) is 54.1 Å². The number of H-pyrrole nitrogens is 1. The fraction of sp³-hybridized carbons (Fsp3) is 0.423. The van der Waals surface area contributed by atoms with Crippen LogP contribution < -0.4 is 15.0 Å². The lowest BCUT2D eigenvalue weighted by molar-refractivity contribution is -0.134. The van der Waals surface area contributed by atoms with Crippen LogP contribution in [0.15, 0.2) is 48.5 Å². The SMILES string of the molecule is CCOc1ccc(C(=O)NC(C(=O)N2CCCN(c3nc4ccccc4[nH]3)CC2)C(C)C)cc1. The molecule has 0 aliphatic carbocycles. The number of hydrogen-bond acceptors (Lipinski definition) is 5. The zero-order chi connectivity index (χ0) is 24.1. The van der Waals surface area contributed by atoms with Crippen molar-refractivity contribution in [1.29, 1.82) is 0 Å². The van der Waals surface area contributed by atoms with Gasteiger partial charge in [-0.3, -0.25) is 9.59 Å². The molecule has 2 amide bonds. The summed E-state index contributed by atoms with van der Waals surface area (Å²) in [6.07, 6.45) is 0.834. The Morgan fingerprint density at radius 2 is 1.82 bits per heavy atom. The first-order chi connectivity index (χ1) is 16.5. The van der Waals surface area contributed by atoms with Gasteiger partial charge in [0.2, 0.25) is 11.9 Å². The topological polar surface area (TPSA) is 90.6 Å². The minimum Gasteiger partial charge on any atom is -0.494 e. The van der Waals surface area contributed by atoms with Gasteiger partial charge < -0.3 is 24.8 Å². The van der Waals surface area contributed by atoms with E-state index in [1.165, 1.54) is 0 Å². The Kier molecular flexibility index (Phi) is 7.35. The van der Waals surface area contributed by atoms with Crippen LogP contribution in [0.25, 0.3) is 11.0 Å². The Morgan fingerprint density at radius 1 is 1.06 bits per heavy atom. The molecule has 3 aromatic rings. The van der Waals surface area contributed by atoms with Gasteiger partial charge in [0.05, 0.1) is 17.6 Å². The maximum Gasteiger partial charge on any atom is 0.251 e. The van der Waals surface area contributed by atoms with Gasteiger partial charge in [-0.1, -0.05) is 26.0 Å². The quantitative estimate of drug-likeness (QED) is 0.560. The van der Waals surface area contributed by atoms with E-state index in [0.717, 1.165) is 29.9 Å². The molecule has 0 bridgehead atoms. The highest BCUT2D eigenvalue weighted by molar-refractivity contribution is 5.97. The number of amides is 2. The molecule has 1 aromatic heterocycles. The monoisotopic (exact) mass is 463 g/mol. The average molecular weight is 464 g/mol. The van der Waals surface area contributed by atoms with Gasteiger partial charge in [-0.25, -0.2) is 4.98 Å². The number of benzene rings is 2. The fourth-order valence-corrected chi connectivity index (χ4v) is 4.24. The van der Waals surface area contributed by atoms with Gasteiger partial charge in [-0.05, 0) is 55.7 Å². The van der Waals surface area contributed by atoms with E-state index in [1.807, 2.05) is 49.9 Å². The summed E-state index contributed by atoms with van der Waals surface area (Å²) < 4.78 is 5.44. The Hall–Kier alpha value is -3.55. The molecule has 0 spiro atoms. The van der Waals surface area contributed by atoms with Crippen LogP contribution in [-0.4, -0.2) is 65.5 Å². The molecule has 1 fully saturated rings. The van der Waals surface area contributed by atoms with Crippen molar-refractivity contribution in [2.75, 3.05) is 37.7 Å². The van der Waals surface area contributed by atoms with Gasteiger partial charge in [0.15, 0.2) is 0 Å². The third kappa shape index (κ3) is 5.32. The molecule has 1 saturated heterocycles. The normalized spacial score (nSPS) is 15.3. The molecule has 1 unspecified atom stereocenters. The summed E-state index contributed by atoms with van der Waals surface area (Å²) in [4.78, 5) is 38.4. The fourth-order valence-electron chi connectivity index (χ4n) is 4.24. The molecular formula is C26H33N5O3. The van der Waals surface area contributed by atoms with Crippen LogP contribution in [0.3, 0.4) is 0 Å². The predicted octanol–water partition coefficient (Wildman–Crippen LogP) is 3.45. The van der Waals surface area contributed by atoms with Crippen LogP contribution in [0.1, 0.15) is 37.6 Å². The molecule has 2 heterocycles. The predicted molar refractivity (Wildman–Crippen MR) is 133 cm³/mol. The number of ether oxygens (including phenoxy) is 1. The number of hydrogen-bond donors (Lipinski definition) is 2. The van der Waals surface area contributed by atoms with Crippen LogP contribution in [0.5, 0.6) is 5.75 Å². The first-order valence-electron chi connectivity index (χ1n) is 12.0. The lowest BCUT2D eigenvalue weighted by Gasteiger charge is -2.29. The van der Waals surface area contributed by atoms with Crippen molar-refractivity contribution < 1.29 is 14.3 Å². The summed E-state index contributed by atoms with van der Waals surface area (Å²) in [5.74, 6) is 1.22. The van der Waals surface area contributed by atoms with E-state index in [9.17, 15) is 9.59 Å². The van der Waals surface area contributed by atoms with E-state index in [0.29, 0.717) is 37.6 Å². The van der Waals surface area contributed by atoms with E-state index in [-0.39, 0.29) is 17.7 Å². The summed E-state index contributed by atoms with van der Waals surface area (Å²) in [6.45, 7) is 9.13. The van der Waals surface area contributed by atoms with Crippen LogP contribution >= 0.6 is 0 Å². The van der Waals surface area contributed by atoms with E-state index < -0.39 is 6.04 Å². The number of nitrogens with one attached hydrogen (secondary N) is 2. The van der Waals surface area contributed by atoms with Gasteiger partial charge in [-0.2, -0.15) is 0 Å². The maximum absolute atomic E-state index is 13.4. The van der Waals surface area contributed by atoms with Gasteiger partial charge in [0, 0.05) is 31.7 Å². The third-order valence-corrected chi connectivity index (χ3v) is 6.13. The molecule has 2 N–H and O–H groups in total. The molecule has 1 atom stereocenters. The molecule has 1 aliphatic rings. The maximum atomic E-state index is 13.4. The first-order valence-corrected chi connectivity index (χ1v) is 12.0. The summed E-state index contributed by atoms with van der Waals surface area (Å²) in [5.41, 5.74) is 2.45. The van der Waals surface area contributed by atoms with E-state index in [2.05, 4.69) is 15.2 Å². The summed E-state index contributed by atoms with van der Waals surface area (Å²) in [7, 11) is 0. The highest BCUT2D eigenvalue weighted by atomic mass is 16.5. The number of anilines is 1. The summed E-state index contributed by atoms with van der Waals surface area (Å²) in [6, 6.07) is 14.4. The number of aromatic amines is 1. The van der Waals surface area contributed by atoms with E-state index in [1.54, 1.807) is 24.3 Å². The van der Waals surface area contributed by atoms with Gasteiger partial charge in [-0.15, -0.1) is 0 Å². The number of fused-ring (bicyclic) bond motifs is 1. The average Bonchev–Trinajstić information content (AvgIpc) is 3.12. The molecule has 2 aromatic carbocycles. The van der Waals surface area contributed by atoms with Gasteiger partial charge in [0.1, 0.15) is 11.8 Å². The standard InChI is InChI=1S/C26H33N5O3/c1-4-34-20-12-10-19(11-13-20)24(32)29-23(18(2)3)25(33)30-14-7-15-31(17-16-30)26-27-21-8-5-6-9-22(21)28-26/h5-6,8-13,18,23H,4,7,14-17H2,1-3H3,(H,27,28)(H,29,32). The minimum atomic E-state index is -0.586. The summed E-state index contributed by atoms with van der Waals surface area (Å²) >= 11 is 0. The highest BCUT2D eigenvalue weighted by Gasteiger charge is 2.30. The Balaban J connectivity index is 1.40. The molecule has 1 aliphatic heterocycles.